The summed E-state index contributed by atoms with van der Waals surface area (Å²) in [6.07, 6.45) is 2.37. The van der Waals surface area contributed by atoms with E-state index in [0.717, 1.165) is 11.1 Å². The van der Waals surface area contributed by atoms with Crippen molar-refractivity contribution >= 4 is 23.6 Å². The van der Waals surface area contributed by atoms with Gasteiger partial charge in [-0.1, -0.05) is 58.4 Å². The van der Waals surface area contributed by atoms with E-state index in [1.54, 1.807) is 0 Å². The van der Waals surface area contributed by atoms with Crippen molar-refractivity contribution in [1.29, 1.82) is 0 Å². The number of carbonyl (C=O) groups excluding carboxylic acids is 4. The van der Waals surface area contributed by atoms with Crippen molar-refractivity contribution in [2.75, 3.05) is 26.3 Å². The zero-order valence-electron chi connectivity index (χ0n) is 29.8. The van der Waals surface area contributed by atoms with Crippen LogP contribution in [0.4, 0.5) is 0 Å². The van der Waals surface area contributed by atoms with E-state index in [1.807, 2.05) is 76.2 Å². The average molecular weight is 694 g/mol. The third kappa shape index (κ3) is 11.7. The molecule has 4 bridgehead atoms. The molecule has 6 rings (SSSR count). The molecule has 2 aromatic carbocycles. The smallest absolute Gasteiger partial charge is 0.243 e. The van der Waals surface area contributed by atoms with Gasteiger partial charge in [0.05, 0.1) is 31.4 Å². The topological polar surface area (TPSA) is 167 Å². The molecule has 2 aromatic rings. The Morgan fingerprint density at radius 1 is 0.760 bits per heavy atom. The van der Waals surface area contributed by atoms with Crippen LogP contribution in [-0.2, 0) is 32.0 Å². The zero-order chi connectivity index (χ0) is 36.0. The van der Waals surface area contributed by atoms with E-state index in [2.05, 4.69) is 26.6 Å². The molecule has 0 aromatic heterocycles. The second-order valence-electron chi connectivity index (χ2n) is 13.8. The van der Waals surface area contributed by atoms with Gasteiger partial charge >= 0.3 is 0 Å². The highest BCUT2D eigenvalue weighted by Gasteiger charge is 2.32. The predicted octanol–water partition coefficient (Wildman–Crippen LogP) is 2.41. The first-order chi connectivity index (χ1) is 24.0. The van der Waals surface area contributed by atoms with Gasteiger partial charge in [-0.2, -0.15) is 0 Å². The van der Waals surface area contributed by atoms with Crippen LogP contribution in [0.1, 0.15) is 70.9 Å². The van der Waals surface area contributed by atoms with Gasteiger partial charge in [0.1, 0.15) is 23.6 Å². The minimum absolute atomic E-state index is 0.0374. The summed E-state index contributed by atoms with van der Waals surface area (Å²) in [7, 11) is 0. The number of amides is 4. The highest BCUT2D eigenvalue weighted by atomic mass is 16.5. The normalized spacial score (nSPS) is 24.4. The molecule has 12 heteroatoms. The lowest BCUT2D eigenvalue weighted by Crippen LogP contribution is -2.58. The zero-order valence-corrected chi connectivity index (χ0v) is 29.8. The third-order valence-corrected chi connectivity index (χ3v) is 9.44. The molecule has 274 valence electrons. The summed E-state index contributed by atoms with van der Waals surface area (Å²) in [4.78, 5) is 53.5. The molecule has 0 saturated heterocycles. The maximum atomic E-state index is 13.9. The molecule has 4 aliphatic rings. The molecule has 0 radical (unpaired) electrons. The second kappa shape index (κ2) is 19.3. The molecule has 0 saturated carbocycles. The van der Waals surface area contributed by atoms with Crippen LogP contribution >= 0.6 is 0 Å². The quantitative estimate of drug-likeness (QED) is 0.257. The Hall–Kier alpha value is -4.16. The molecule has 4 unspecified atom stereocenters. The van der Waals surface area contributed by atoms with Crippen LogP contribution in [-0.4, -0.2) is 85.3 Å². The molecule has 6 atom stereocenters. The SMILES string of the molecule is CCC(C)C1NC(=O)C(NCC(O)[C@@H]2Cc3ccc(cc3)OCCCCC(=O)N[C@@H](C(C)C)C(=O)N2)Cc2ccc(cc2)OCCCNC1=O. The van der Waals surface area contributed by atoms with Crippen LogP contribution in [0.2, 0.25) is 0 Å². The minimum Gasteiger partial charge on any atom is -0.494 e. The lowest BCUT2D eigenvalue weighted by molar-refractivity contribution is -0.131. The van der Waals surface area contributed by atoms with E-state index in [1.165, 1.54) is 0 Å². The fourth-order valence-electron chi connectivity index (χ4n) is 6.05. The molecular weight excluding hydrogens is 638 g/mol. The van der Waals surface area contributed by atoms with E-state index in [0.29, 0.717) is 63.4 Å². The van der Waals surface area contributed by atoms with Gasteiger partial charge in [0.2, 0.25) is 23.6 Å². The largest absolute Gasteiger partial charge is 0.494 e. The van der Waals surface area contributed by atoms with Gasteiger partial charge in [0.15, 0.2) is 0 Å². The van der Waals surface area contributed by atoms with Crippen molar-refractivity contribution in [3.05, 3.63) is 59.7 Å². The number of aliphatic hydroxyl groups is 1. The van der Waals surface area contributed by atoms with Gasteiger partial charge in [0.25, 0.3) is 0 Å². The van der Waals surface area contributed by atoms with Crippen LogP contribution in [0.3, 0.4) is 0 Å². The van der Waals surface area contributed by atoms with Crippen LogP contribution in [0.25, 0.3) is 0 Å². The summed E-state index contributed by atoms with van der Waals surface area (Å²) in [5.41, 5.74) is 1.74. The first kappa shape index (κ1) is 38.6. The number of benzene rings is 2. The molecule has 4 heterocycles. The van der Waals surface area contributed by atoms with E-state index >= 15 is 0 Å². The van der Waals surface area contributed by atoms with E-state index in [9.17, 15) is 24.3 Å². The molecule has 0 aliphatic carbocycles. The van der Waals surface area contributed by atoms with Crippen LogP contribution in [0.15, 0.2) is 48.5 Å². The van der Waals surface area contributed by atoms with Crippen molar-refractivity contribution in [2.24, 2.45) is 11.8 Å². The highest BCUT2D eigenvalue weighted by molar-refractivity contribution is 5.90. The summed E-state index contributed by atoms with van der Waals surface area (Å²) in [6.45, 7) is 8.92. The van der Waals surface area contributed by atoms with Crippen molar-refractivity contribution in [1.82, 2.24) is 26.6 Å². The Morgan fingerprint density at radius 3 is 2.00 bits per heavy atom. The molecule has 4 aliphatic heterocycles. The molecule has 0 spiro atoms. The Bertz CT molecular complexity index is 1400. The molecular formula is C38H55N5O7. The van der Waals surface area contributed by atoms with Crippen molar-refractivity contribution < 1.29 is 33.8 Å². The lowest BCUT2D eigenvalue weighted by atomic mass is 9.96. The molecule has 50 heavy (non-hydrogen) atoms. The van der Waals surface area contributed by atoms with Crippen LogP contribution in [0.5, 0.6) is 11.5 Å². The van der Waals surface area contributed by atoms with E-state index in [4.69, 9.17) is 9.47 Å². The number of carbonyl (C=O) groups is 4. The predicted molar refractivity (Wildman–Crippen MR) is 191 cm³/mol. The maximum absolute atomic E-state index is 13.9. The molecule has 4 amide bonds. The van der Waals surface area contributed by atoms with Crippen molar-refractivity contribution in [3.8, 4) is 11.5 Å². The second-order valence-corrected chi connectivity index (χ2v) is 13.8. The van der Waals surface area contributed by atoms with Crippen LogP contribution in [0, 0.1) is 11.8 Å². The van der Waals surface area contributed by atoms with E-state index in [-0.39, 0.29) is 54.9 Å². The third-order valence-electron chi connectivity index (χ3n) is 9.44. The summed E-state index contributed by atoms with van der Waals surface area (Å²) in [5.74, 6) is -0.132. The first-order valence-electron chi connectivity index (χ1n) is 18.1. The fourth-order valence-corrected chi connectivity index (χ4v) is 6.05. The number of hydrogen-bond acceptors (Lipinski definition) is 8. The standard InChI is InChI=1S/C38H55N5O7/c1-5-25(4)35-37(47)39-18-8-20-50-29-16-12-27(13-17-29)22-31(36(46)43-35)40-23-32(44)30-21-26-10-14-28(15-11-26)49-19-7-6-9-33(45)42-34(24(2)3)38(48)41-30/h10-17,24-25,30-32,34-35,40,44H,5-9,18-23H2,1-4H3,(H,39,47)(H,41,48)(H,42,45)(H,43,46)/t25?,30-,31?,32?,34-,35?/m0/s1. The number of rotatable bonds is 7. The van der Waals surface area contributed by atoms with Gasteiger partial charge in [-0.3, -0.25) is 19.2 Å². The molecule has 12 nitrogen and oxygen atoms in total. The maximum Gasteiger partial charge on any atom is 0.243 e. The molecule has 6 N–H and O–H groups in total. The van der Waals surface area contributed by atoms with Gasteiger partial charge < -0.3 is 41.2 Å². The van der Waals surface area contributed by atoms with Gasteiger partial charge in [-0.25, -0.2) is 0 Å². The Labute approximate surface area is 295 Å². The highest BCUT2D eigenvalue weighted by Crippen LogP contribution is 2.18. The Balaban J connectivity index is 1.57. The average Bonchev–Trinajstić information content (AvgIpc) is 3.10. The van der Waals surface area contributed by atoms with E-state index < -0.39 is 30.3 Å². The number of fused-ring (bicyclic) bond motifs is 25. The van der Waals surface area contributed by atoms with Crippen LogP contribution < -0.4 is 36.1 Å². The molecule has 0 fully saturated rings. The first-order valence-corrected chi connectivity index (χ1v) is 18.1. The number of hydrogen-bond donors (Lipinski definition) is 6. The summed E-state index contributed by atoms with van der Waals surface area (Å²) in [5, 5.41) is 26.7. The van der Waals surface area contributed by atoms with Crippen molar-refractivity contribution in [2.45, 2.75) is 103 Å². The summed E-state index contributed by atoms with van der Waals surface area (Å²) >= 11 is 0. The van der Waals surface area contributed by atoms with Gasteiger partial charge in [0, 0.05) is 19.5 Å². The van der Waals surface area contributed by atoms with Gasteiger partial charge in [-0.05, 0) is 79.3 Å². The Kier molecular flexibility index (Phi) is 14.9. The number of nitrogens with one attached hydrogen (secondary N) is 5. The minimum atomic E-state index is -1.12. The summed E-state index contributed by atoms with van der Waals surface area (Å²) in [6, 6.07) is 11.9. The monoisotopic (exact) mass is 693 g/mol. The number of ether oxygens (including phenoxy) is 2. The fraction of sp³-hybridized carbons (Fsp3) is 0.579. The lowest BCUT2D eigenvalue weighted by Gasteiger charge is -2.30. The van der Waals surface area contributed by atoms with Crippen molar-refractivity contribution in [3.63, 3.8) is 0 Å². The summed E-state index contributed by atoms with van der Waals surface area (Å²) < 4.78 is 11.7. The van der Waals surface area contributed by atoms with Gasteiger partial charge in [-0.15, -0.1) is 0 Å². The Morgan fingerprint density at radius 2 is 1.38 bits per heavy atom. The number of aliphatic hydroxyl groups excluding tert-OH is 1.